The Morgan fingerprint density at radius 2 is 2.25 bits per heavy atom. The average Bonchev–Trinajstić information content (AvgIpc) is 2.90. The fourth-order valence-corrected chi connectivity index (χ4v) is 1.77. The molecule has 0 aliphatic rings. The van der Waals surface area contributed by atoms with Crippen LogP contribution in [-0.2, 0) is 4.79 Å². The Kier molecular flexibility index (Phi) is 4.20. The summed E-state index contributed by atoms with van der Waals surface area (Å²) in [5, 5.41) is 2.86. The van der Waals surface area contributed by atoms with Crippen LogP contribution in [0.5, 0.6) is 0 Å². The number of benzene rings is 1. The topological polar surface area (TPSA) is 81.2 Å². The van der Waals surface area contributed by atoms with Crippen LogP contribution >= 0.6 is 0 Å². The summed E-state index contributed by atoms with van der Waals surface area (Å²) < 4.78 is 5.23. The summed E-state index contributed by atoms with van der Waals surface area (Å²) in [5.41, 5.74) is 7.14. The van der Waals surface area contributed by atoms with Gasteiger partial charge in [0.1, 0.15) is 0 Å². The van der Waals surface area contributed by atoms with Crippen molar-refractivity contribution in [1.29, 1.82) is 0 Å². The van der Waals surface area contributed by atoms with Crippen LogP contribution in [0.4, 0.5) is 5.69 Å². The number of rotatable bonds is 5. The highest BCUT2D eigenvalue weighted by atomic mass is 16.3. The van der Waals surface area contributed by atoms with Gasteiger partial charge in [-0.25, -0.2) is 4.98 Å². The molecule has 5 nitrogen and oxygen atoms in total. The Labute approximate surface area is 118 Å². The van der Waals surface area contributed by atoms with E-state index in [0.29, 0.717) is 18.6 Å². The minimum absolute atomic E-state index is 0.0433. The van der Waals surface area contributed by atoms with Gasteiger partial charge in [0.15, 0.2) is 12.2 Å². The van der Waals surface area contributed by atoms with Gasteiger partial charge in [0.2, 0.25) is 5.91 Å². The highest BCUT2D eigenvalue weighted by Crippen LogP contribution is 2.22. The molecule has 0 spiro atoms. The van der Waals surface area contributed by atoms with Gasteiger partial charge in [-0.15, -0.1) is 0 Å². The number of carbonyl (C=O) groups is 1. The summed E-state index contributed by atoms with van der Waals surface area (Å²) in [6.07, 6.45) is 4.05. The quantitative estimate of drug-likeness (QED) is 0.877. The molecule has 1 amide bonds. The number of nitrogens with zero attached hydrogens (tertiary/aromatic N) is 1. The molecule has 0 fully saturated rings. The van der Waals surface area contributed by atoms with Gasteiger partial charge in [-0.1, -0.05) is 12.1 Å². The Morgan fingerprint density at radius 3 is 2.90 bits per heavy atom. The van der Waals surface area contributed by atoms with Crippen molar-refractivity contribution in [3.63, 3.8) is 0 Å². The zero-order valence-corrected chi connectivity index (χ0v) is 11.7. The fourth-order valence-electron chi connectivity index (χ4n) is 1.77. The van der Waals surface area contributed by atoms with E-state index in [1.165, 1.54) is 6.39 Å². The van der Waals surface area contributed by atoms with Crippen molar-refractivity contribution in [3.05, 3.63) is 36.9 Å². The molecule has 0 aliphatic heterocycles. The summed E-state index contributed by atoms with van der Waals surface area (Å²) in [7, 11) is 0. The molecule has 0 aliphatic carbocycles. The van der Waals surface area contributed by atoms with Gasteiger partial charge < -0.3 is 15.5 Å². The number of oxazole rings is 1. The third-order valence-corrected chi connectivity index (χ3v) is 2.86. The van der Waals surface area contributed by atoms with Crippen LogP contribution in [0.25, 0.3) is 11.3 Å². The van der Waals surface area contributed by atoms with Gasteiger partial charge in [0.25, 0.3) is 0 Å². The summed E-state index contributed by atoms with van der Waals surface area (Å²) in [6.45, 7) is 3.82. The molecule has 0 atom stereocenters. The fraction of sp³-hybridized carbons (Fsp3) is 0.333. The average molecular weight is 273 g/mol. The first kappa shape index (κ1) is 14.3. The van der Waals surface area contributed by atoms with E-state index in [2.05, 4.69) is 10.3 Å². The Bertz CT molecular complexity index is 571. The van der Waals surface area contributed by atoms with Gasteiger partial charge in [-0.05, 0) is 32.4 Å². The second kappa shape index (κ2) is 5.88. The Balaban J connectivity index is 2.00. The number of amides is 1. The SMILES string of the molecule is CC(C)(N)CCC(=O)Nc1cccc(-c2cnco2)c1. The molecular formula is C15H19N3O2. The molecule has 2 aromatic rings. The summed E-state index contributed by atoms with van der Waals surface area (Å²) >= 11 is 0. The van der Waals surface area contributed by atoms with Crippen LogP contribution in [0, 0.1) is 0 Å². The molecule has 0 saturated carbocycles. The lowest BCUT2D eigenvalue weighted by molar-refractivity contribution is -0.116. The number of hydrogen-bond acceptors (Lipinski definition) is 4. The van der Waals surface area contributed by atoms with Crippen molar-refractivity contribution in [1.82, 2.24) is 4.98 Å². The van der Waals surface area contributed by atoms with Crippen molar-refractivity contribution in [2.75, 3.05) is 5.32 Å². The van der Waals surface area contributed by atoms with E-state index < -0.39 is 0 Å². The van der Waals surface area contributed by atoms with E-state index in [1.54, 1.807) is 6.20 Å². The van der Waals surface area contributed by atoms with Crippen LogP contribution in [-0.4, -0.2) is 16.4 Å². The zero-order chi connectivity index (χ0) is 14.6. The van der Waals surface area contributed by atoms with Crippen LogP contribution in [0.2, 0.25) is 0 Å². The van der Waals surface area contributed by atoms with Crippen LogP contribution in [0.15, 0.2) is 41.3 Å². The number of aromatic nitrogens is 1. The second-order valence-electron chi connectivity index (χ2n) is 5.48. The lowest BCUT2D eigenvalue weighted by atomic mass is 10.00. The summed E-state index contributed by atoms with van der Waals surface area (Å²) in [5.74, 6) is 0.627. The maximum Gasteiger partial charge on any atom is 0.224 e. The Hall–Kier alpha value is -2.14. The molecule has 20 heavy (non-hydrogen) atoms. The highest BCUT2D eigenvalue weighted by molar-refractivity contribution is 5.91. The Morgan fingerprint density at radius 1 is 1.45 bits per heavy atom. The van der Waals surface area contributed by atoms with Gasteiger partial charge in [0, 0.05) is 23.2 Å². The second-order valence-corrected chi connectivity index (χ2v) is 5.48. The molecule has 0 unspecified atom stereocenters. The molecule has 5 heteroatoms. The van der Waals surface area contributed by atoms with E-state index in [9.17, 15) is 4.79 Å². The smallest absolute Gasteiger partial charge is 0.224 e. The lowest BCUT2D eigenvalue weighted by Crippen LogP contribution is -2.33. The molecule has 3 N–H and O–H groups in total. The molecule has 0 saturated heterocycles. The van der Waals surface area contributed by atoms with Crippen molar-refractivity contribution < 1.29 is 9.21 Å². The summed E-state index contributed by atoms with van der Waals surface area (Å²) in [6, 6.07) is 7.46. The van der Waals surface area contributed by atoms with Crippen molar-refractivity contribution in [3.8, 4) is 11.3 Å². The van der Waals surface area contributed by atoms with Gasteiger partial charge in [0.05, 0.1) is 6.20 Å². The minimum atomic E-state index is -0.334. The highest BCUT2D eigenvalue weighted by Gasteiger charge is 2.13. The molecule has 0 bridgehead atoms. The van der Waals surface area contributed by atoms with Crippen molar-refractivity contribution >= 4 is 11.6 Å². The molecule has 2 rings (SSSR count). The van der Waals surface area contributed by atoms with Gasteiger partial charge >= 0.3 is 0 Å². The van der Waals surface area contributed by atoms with Crippen LogP contribution in [0.3, 0.4) is 0 Å². The number of nitrogens with one attached hydrogen (secondary N) is 1. The lowest BCUT2D eigenvalue weighted by Gasteiger charge is -2.17. The largest absolute Gasteiger partial charge is 0.444 e. The summed E-state index contributed by atoms with van der Waals surface area (Å²) in [4.78, 5) is 15.7. The van der Waals surface area contributed by atoms with E-state index in [-0.39, 0.29) is 11.4 Å². The van der Waals surface area contributed by atoms with E-state index >= 15 is 0 Å². The number of carbonyl (C=O) groups excluding carboxylic acids is 1. The number of nitrogens with two attached hydrogens (primary N) is 1. The number of anilines is 1. The third-order valence-electron chi connectivity index (χ3n) is 2.86. The maximum absolute atomic E-state index is 11.9. The van der Waals surface area contributed by atoms with Gasteiger partial charge in [-0.3, -0.25) is 4.79 Å². The molecule has 1 aromatic carbocycles. The van der Waals surface area contributed by atoms with Crippen LogP contribution < -0.4 is 11.1 Å². The molecular weight excluding hydrogens is 254 g/mol. The van der Waals surface area contributed by atoms with Crippen LogP contribution in [0.1, 0.15) is 26.7 Å². The van der Waals surface area contributed by atoms with Crippen molar-refractivity contribution in [2.45, 2.75) is 32.2 Å². The van der Waals surface area contributed by atoms with E-state index in [1.807, 2.05) is 38.1 Å². The van der Waals surface area contributed by atoms with Crippen molar-refractivity contribution in [2.24, 2.45) is 5.73 Å². The molecule has 106 valence electrons. The first-order valence-electron chi connectivity index (χ1n) is 6.52. The molecule has 1 heterocycles. The predicted octanol–water partition coefficient (Wildman–Crippen LogP) is 2.80. The third kappa shape index (κ3) is 4.20. The van der Waals surface area contributed by atoms with Gasteiger partial charge in [-0.2, -0.15) is 0 Å². The predicted molar refractivity (Wildman–Crippen MR) is 78.1 cm³/mol. The first-order valence-corrected chi connectivity index (χ1v) is 6.52. The molecule has 0 radical (unpaired) electrons. The molecule has 1 aromatic heterocycles. The van der Waals surface area contributed by atoms with E-state index in [4.69, 9.17) is 10.2 Å². The minimum Gasteiger partial charge on any atom is -0.444 e. The standard InChI is InChI=1S/C15H19N3O2/c1-15(2,16)7-6-14(19)18-12-5-3-4-11(8-12)13-9-17-10-20-13/h3-5,8-10H,6-7,16H2,1-2H3,(H,18,19). The zero-order valence-electron chi connectivity index (χ0n) is 11.7. The normalized spacial score (nSPS) is 11.3. The number of hydrogen-bond donors (Lipinski definition) is 2. The monoisotopic (exact) mass is 273 g/mol. The van der Waals surface area contributed by atoms with E-state index in [0.717, 1.165) is 11.3 Å². The maximum atomic E-state index is 11.9. The first-order chi connectivity index (χ1) is 9.44.